The fourth-order valence-electron chi connectivity index (χ4n) is 3.14. The zero-order valence-electron chi connectivity index (χ0n) is 17.3. The molecule has 0 unspecified atom stereocenters. The SMILES string of the molecule is CC(C)(COc1cccc2c1C(N)=NS(=O)(=O)N2)NC(=O)c1ccnc(-c2ccco2)c1. The summed E-state index contributed by atoms with van der Waals surface area (Å²) in [5, 5.41) is 2.92. The molecule has 0 radical (unpaired) electrons. The molecule has 0 aliphatic carbocycles. The van der Waals surface area contributed by atoms with Gasteiger partial charge in [0.15, 0.2) is 11.6 Å². The first-order valence-corrected chi connectivity index (χ1v) is 11.0. The molecule has 3 heterocycles. The fraction of sp³-hybridized carbons (Fsp3) is 0.190. The van der Waals surface area contributed by atoms with Gasteiger partial charge >= 0.3 is 10.2 Å². The van der Waals surface area contributed by atoms with E-state index in [-0.39, 0.29) is 24.0 Å². The van der Waals surface area contributed by atoms with Gasteiger partial charge in [0.05, 0.1) is 23.1 Å². The normalized spacial score (nSPS) is 14.6. The van der Waals surface area contributed by atoms with E-state index < -0.39 is 15.7 Å². The second kappa shape index (κ2) is 8.00. The minimum Gasteiger partial charge on any atom is -0.490 e. The topological polar surface area (TPSA) is 149 Å². The van der Waals surface area contributed by atoms with E-state index >= 15 is 0 Å². The van der Waals surface area contributed by atoms with Gasteiger partial charge in [-0.3, -0.25) is 14.5 Å². The van der Waals surface area contributed by atoms with E-state index in [9.17, 15) is 13.2 Å². The maximum Gasteiger partial charge on any atom is 0.344 e. The van der Waals surface area contributed by atoms with Gasteiger partial charge in [0.1, 0.15) is 18.1 Å². The van der Waals surface area contributed by atoms with Gasteiger partial charge in [-0.05, 0) is 50.2 Å². The summed E-state index contributed by atoms with van der Waals surface area (Å²) >= 11 is 0. The van der Waals surface area contributed by atoms with Gasteiger partial charge in [-0.2, -0.15) is 8.42 Å². The maximum absolute atomic E-state index is 12.8. The lowest BCUT2D eigenvalue weighted by atomic mass is 10.1. The van der Waals surface area contributed by atoms with Gasteiger partial charge in [-0.25, -0.2) is 0 Å². The molecule has 0 saturated heterocycles. The van der Waals surface area contributed by atoms with Gasteiger partial charge in [-0.1, -0.05) is 6.07 Å². The molecule has 0 saturated carbocycles. The average molecular weight is 455 g/mol. The van der Waals surface area contributed by atoms with E-state index in [1.54, 1.807) is 56.3 Å². The molecular formula is C21H21N5O5S. The zero-order chi connectivity index (χ0) is 22.9. The lowest BCUT2D eigenvalue weighted by Crippen LogP contribution is -2.48. The Morgan fingerprint density at radius 2 is 2.06 bits per heavy atom. The predicted octanol–water partition coefficient (Wildman–Crippen LogP) is 2.30. The molecule has 1 aliphatic rings. The number of amidine groups is 1. The number of amides is 1. The Hall–Kier alpha value is -3.86. The molecule has 0 fully saturated rings. The van der Waals surface area contributed by atoms with Crippen molar-refractivity contribution >= 4 is 27.6 Å². The van der Waals surface area contributed by atoms with Gasteiger partial charge in [0.2, 0.25) is 0 Å². The van der Waals surface area contributed by atoms with Gasteiger partial charge in [0, 0.05) is 11.8 Å². The minimum atomic E-state index is -3.88. The molecular weight excluding hydrogens is 434 g/mol. The van der Waals surface area contributed by atoms with Crippen molar-refractivity contribution in [2.24, 2.45) is 10.1 Å². The molecule has 3 aromatic rings. The summed E-state index contributed by atoms with van der Waals surface area (Å²) in [6, 6.07) is 11.6. The van der Waals surface area contributed by atoms with E-state index in [0.717, 1.165) is 0 Å². The third kappa shape index (κ3) is 4.57. The molecule has 1 aliphatic heterocycles. The summed E-state index contributed by atoms with van der Waals surface area (Å²) in [5.41, 5.74) is 6.66. The van der Waals surface area contributed by atoms with Crippen LogP contribution in [0.25, 0.3) is 11.5 Å². The highest BCUT2D eigenvalue weighted by atomic mass is 32.2. The molecule has 2 aromatic heterocycles. The monoisotopic (exact) mass is 455 g/mol. The van der Waals surface area contributed by atoms with Crippen LogP contribution in [0.1, 0.15) is 29.8 Å². The third-order valence-electron chi connectivity index (χ3n) is 4.58. The number of pyridine rings is 1. The largest absolute Gasteiger partial charge is 0.490 e. The number of nitrogens with one attached hydrogen (secondary N) is 2. The number of benzene rings is 1. The van der Waals surface area contributed by atoms with E-state index in [2.05, 4.69) is 19.4 Å². The van der Waals surface area contributed by atoms with Crippen LogP contribution in [0.3, 0.4) is 0 Å². The highest BCUT2D eigenvalue weighted by Gasteiger charge is 2.27. The number of ether oxygens (including phenoxy) is 1. The van der Waals surface area contributed by atoms with Crippen molar-refractivity contribution < 1.29 is 22.4 Å². The summed E-state index contributed by atoms with van der Waals surface area (Å²) in [6.07, 6.45) is 3.07. The number of furan rings is 1. The average Bonchev–Trinajstić information content (AvgIpc) is 3.26. The Balaban J connectivity index is 1.47. The van der Waals surface area contributed by atoms with Gasteiger partial charge in [-0.15, -0.1) is 4.40 Å². The van der Waals surface area contributed by atoms with Crippen LogP contribution in [-0.2, 0) is 10.2 Å². The molecule has 0 spiro atoms. The number of carbonyl (C=O) groups is 1. The van der Waals surface area contributed by atoms with Crippen molar-refractivity contribution in [2.75, 3.05) is 11.3 Å². The van der Waals surface area contributed by atoms with Crippen molar-refractivity contribution in [3.05, 3.63) is 66.1 Å². The zero-order valence-corrected chi connectivity index (χ0v) is 18.1. The van der Waals surface area contributed by atoms with Crippen LogP contribution in [0.15, 0.2) is 63.7 Å². The van der Waals surface area contributed by atoms with Crippen molar-refractivity contribution in [3.63, 3.8) is 0 Å². The first-order chi connectivity index (χ1) is 15.1. The number of rotatable bonds is 6. The maximum atomic E-state index is 12.8. The van der Waals surface area contributed by atoms with E-state index in [1.165, 1.54) is 12.5 Å². The van der Waals surface area contributed by atoms with E-state index in [1.807, 2.05) is 0 Å². The summed E-state index contributed by atoms with van der Waals surface area (Å²) in [6.45, 7) is 3.69. The van der Waals surface area contributed by atoms with E-state index in [0.29, 0.717) is 28.3 Å². The summed E-state index contributed by atoms with van der Waals surface area (Å²) in [4.78, 5) is 17.0. The number of nitrogens with zero attached hydrogens (tertiary/aromatic N) is 2. The highest BCUT2D eigenvalue weighted by molar-refractivity contribution is 7.91. The Morgan fingerprint density at radius 1 is 1.25 bits per heavy atom. The number of hydrogen-bond donors (Lipinski definition) is 3. The minimum absolute atomic E-state index is 0.0886. The smallest absolute Gasteiger partial charge is 0.344 e. The number of nitrogens with two attached hydrogens (primary N) is 1. The lowest BCUT2D eigenvalue weighted by molar-refractivity contribution is 0.0880. The van der Waals surface area contributed by atoms with Gasteiger partial charge < -0.3 is 20.2 Å². The molecule has 4 N–H and O–H groups in total. The molecule has 4 rings (SSSR count). The van der Waals surface area contributed by atoms with E-state index in [4.69, 9.17) is 14.9 Å². The molecule has 1 aromatic carbocycles. The Morgan fingerprint density at radius 3 is 2.81 bits per heavy atom. The number of aromatic nitrogens is 1. The number of fused-ring (bicyclic) bond motifs is 1. The molecule has 32 heavy (non-hydrogen) atoms. The molecule has 10 nitrogen and oxygen atoms in total. The Labute approximate surface area is 184 Å². The number of carbonyl (C=O) groups excluding carboxylic acids is 1. The third-order valence-corrected chi connectivity index (χ3v) is 5.49. The van der Waals surface area contributed by atoms with Crippen LogP contribution in [0.5, 0.6) is 5.75 Å². The second-order valence-electron chi connectivity index (χ2n) is 7.77. The quantitative estimate of drug-likeness (QED) is 0.516. The first kappa shape index (κ1) is 21.4. The Bertz CT molecular complexity index is 1300. The molecule has 0 atom stereocenters. The Kier molecular flexibility index (Phi) is 5.35. The van der Waals surface area contributed by atoms with Crippen LogP contribution in [-0.4, -0.2) is 37.3 Å². The number of anilines is 1. The summed E-state index contributed by atoms with van der Waals surface area (Å²) < 4.78 is 40.5. The van der Waals surface area contributed by atoms with Crippen molar-refractivity contribution in [2.45, 2.75) is 19.4 Å². The van der Waals surface area contributed by atoms with Crippen molar-refractivity contribution in [1.82, 2.24) is 10.3 Å². The van der Waals surface area contributed by atoms with Crippen LogP contribution >= 0.6 is 0 Å². The molecule has 1 amide bonds. The van der Waals surface area contributed by atoms with Crippen LogP contribution in [0, 0.1) is 0 Å². The van der Waals surface area contributed by atoms with Crippen molar-refractivity contribution in [3.8, 4) is 17.2 Å². The highest BCUT2D eigenvalue weighted by Crippen LogP contribution is 2.31. The van der Waals surface area contributed by atoms with Crippen molar-refractivity contribution in [1.29, 1.82) is 0 Å². The second-order valence-corrected chi connectivity index (χ2v) is 9.10. The van der Waals surface area contributed by atoms with Crippen LogP contribution < -0.4 is 20.5 Å². The number of hydrogen-bond acceptors (Lipinski definition) is 7. The fourth-order valence-corrected chi connectivity index (χ4v) is 3.99. The van der Waals surface area contributed by atoms with Crippen LogP contribution in [0.4, 0.5) is 5.69 Å². The lowest BCUT2D eigenvalue weighted by Gasteiger charge is -2.27. The standard InChI is InChI=1S/C21H21N5O5S/c1-21(2,24-20(27)13-8-9-23-15(11-13)16-7-4-10-30-16)12-31-17-6-3-5-14-18(17)19(22)26-32(28,29)25-14/h3-11,25H,12H2,1-2H3,(H2,22,26)(H,24,27). The summed E-state index contributed by atoms with van der Waals surface area (Å²) in [7, 11) is -3.88. The van der Waals surface area contributed by atoms with Gasteiger partial charge in [0.25, 0.3) is 5.91 Å². The molecule has 166 valence electrons. The molecule has 0 bridgehead atoms. The molecule has 11 heteroatoms. The van der Waals surface area contributed by atoms with Crippen LogP contribution in [0.2, 0.25) is 0 Å². The first-order valence-electron chi connectivity index (χ1n) is 9.60. The summed E-state index contributed by atoms with van der Waals surface area (Å²) in [5.74, 6) is 0.430. The predicted molar refractivity (Wildman–Crippen MR) is 119 cm³/mol.